The molecular formula is C22H26F3N3O3S. The number of nitrogens with zero attached hydrogens (tertiary/aromatic N) is 1. The lowest BCUT2D eigenvalue weighted by Crippen LogP contribution is -2.51. The van der Waals surface area contributed by atoms with Gasteiger partial charge < -0.3 is 5.32 Å². The van der Waals surface area contributed by atoms with Crippen LogP contribution in [-0.2, 0) is 27.5 Å². The van der Waals surface area contributed by atoms with Crippen LogP contribution in [0.4, 0.5) is 13.2 Å². The summed E-state index contributed by atoms with van der Waals surface area (Å²) in [7, 11) is -4.54. The minimum atomic E-state index is -4.83. The third kappa shape index (κ3) is 6.30. The van der Waals surface area contributed by atoms with Crippen molar-refractivity contribution in [3.63, 3.8) is 0 Å². The molecule has 174 valence electrons. The van der Waals surface area contributed by atoms with E-state index in [1.807, 2.05) is 18.2 Å². The van der Waals surface area contributed by atoms with Crippen LogP contribution in [0.25, 0.3) is 0 Å². The Kier molecular flexibility index (Phi) is 7.58. The number of sulfonamides is 1. The van der Waals surface area contributed by atoms with Crippen LogP contribution >= 0.6 is 0 Å². The Labute approximate surface area is 185 Å². The minimum absolute atomic E-state index is 0.121. The lowest BCUT2D eigenvalue weighted by molar-refractivity contribution is -0.139. The van der Waals surface area contributed by atoms with E-state index in [0.717, 1.165) is 31.8 Å². The molecule has 10 heteroatoms. The molecule has 0 saturated carbocycles. The Morgan fingerprint density at radius 2 is 1.66 bits per heavy atom. The number of carbonyl (C=O) groups is 1. The molecular weight excluding hydrogens is 443 g/mol. The first-order valence-corrected chi connectivity index (χ1v) is 11.8. The molecule has 1 amide bonds. The van der Waals surface area contributed by atoms with Crippen molar-refractivity contribution in [1.29, 1.82) is 0 Å². The van der Waals surface area contributed by atoms with Gasteiger partial charge in [0.05, 0.1) is 16.5 Å². The monoisotopic (exact) mass is 469 g/mol. The Morgan fingerprint density at radius 3 is 2.28 bits per heavy atom. The smallest absolute Gasteiger partial charge is 0.352 e. The normalized spacial score (nSPS) is 17.1. The first kappa shape index (κ1) is 24.2. The molecule has 1 atom stereocenters. The zero-order chi connectivity index (χ0) is 23.4. The first-order valence-electron chi connectivity index (χ1n) is 10.3. The molecule has 1 saturated heterocycles. The summed E-state index contributed by atoms with van der Waals surface area (Å²) in [6, 6.07) is 12.6. The SMILES string of the molecule is CC(NS(=O)(=O)c1ccccc1C(F)(F)F)C(=O)NC1CCN(Cc2ccccc2)CC1. The van der Waals surface area contributed by atoms with Gasteiger partial charge in [-0.15, -0.1) is 0 Å². The predicted octanol–water partition coefficient (Wildman–Crippen LogP) is 3.15. The lowest BCUT2D eigenvalue weighted by atomic mass is 10.0. The fourth-order valence-corrected chi connectivity index (χ4v) is 5.12. The van der Waals surface area contributed by atoms with Crippen molar-refractivity contribution >= 4 is 15.9 Å². The van der Waals surface area contributed by atoms with Gasteiger partial charge in [0.2, 0.25) is 15.9 Å². The second kappa shape index (κ2) is 10.0. The number of likely N-dealkylation sites (tertiary alicyclic amines) is 1. The average Bonchev–Trinajstić information content (AvgIpc) is 2.75. The van der Waals surface area contributed by atoms with Crippen LogP contribution in [0.3, 0.4) is 0 Å². The molecule has 2 aromatic rings. The number of carbonyl (C=O) groups excluding carboxylic acids is 1. The van der Waals surface area contributed by atoms with Crippen LogP contribution < -0.4 is 10.0 Å². The van der Waals surface area contributed by atoms with E-state index in [1.54, 1.807) is 0 Å². The van der Waals surface area contributed by atoms with Crippen LogP contribution in [0.1, 0.15) is 30.9 Å². The van der Waals surface area contributed by atoms with E-state index in [-0.39, 0.29) is 6.04 Å². The van der Waals surface area contributed by atoms with Crippen LogP contribution in [0, 0.1) is 0 Å². The highest BCUT2D eigenvalue weighted by Gasteiger charge is 2.37. The molecule has 3 rings (SSSR count). The van der Waals surface area contributed by atoms with Crippen LogP contribution in [0.2, 0.25) is 0 Å². The number of nitrogens with one attached hydrogen (secondary N) is 2. The molecule has 2 aromatic carbocycles. The molecule has 1 fully saturated rings. The molecule has 32 heavy (non-hydrogen) atoms. The second-order valence-corrected chi connectivity index (χ2v) is 9.56. The van der Waals surface area contributed by atoms with Gasteiger partial charge in [-0.2, -0.15) is 17.9 Å². The van der Waals surface area contributed by atoms with Crippen molar-refractivity contribution < 1.29 is 26.4 Å². The molecule has 1 heterocycles. The quantitative estimate of drug-likeness (QED) is 0.653. The largest absolute Gasteiger partial charge is 0.417 e. The molecule has 1 aliphatic heterocycles. The number of piperidine rings is 1. The van der Waals surface area contributed by atoms with Gasteiger partial charge in [0.25, 0.3) is 0 Å². The maximum atomic E-state index is 13.2. The van der Waals surface area contributed by atoms with Crippen molar-refractivity contribution in [3.05, 3.63) is 65.7 Å². The fraction of sp³-hybridized carbons (Fsp3) is 0.409. The summed E-state index contributed by atoms with van der Waals surface area (Å²) < 4.78 is 66.6. The summed E-state index contributed by atoms with van der Waals surface area (Å²) in [4.78, 5) is 13.9. The molecule has 6 nitrogen and oxygen atoms in total. The number of rotatable bonds is 7. The standard InChI is InChI=1S/C22H26F3N3O3S/c1-16(27-32(30,31)20-10-6-5-9-19(20)22(23,24)25)21(29)26-18-11-13-28(14-12-18)15-17-7-3-2-4-8-17/h2-10,16,18,27H,11-15H2,1H3,(H,26,29). The fourth-order valence-electron chi connectivity index (χ4n) is 3.69. The van der Waals surface area contributed by atoms with Gasteiger partial charge in [0.15, 0.2) is 0 Å². The third-order valence-corrected chi connectivity index (χ3v) is 6.99. The van der Waals surface area contributed by atoms with Crippen molar-refractivity contribution in [2.24, 2.45) is 0 Å². The van der Waals surface area contributed by atoms with E-state index in [2.05, 4.69) is 27.1 Å². The number of hydrogen-bond donors (Lipinski definition) is 2. The van der Waals surface area contributed by atoms with Gasteiger partial charge in [-0.3, -0.25) is 9.69 Å². The van der Waals surface area contributed by atoms with Gasteiger partial charge in [-0.05, 0) is 37.5 Å². The average molecular weight is 470 g/mol. The van der Waals surface area contributed by atoms with E-state index in [4.69, 9.17) is 0 Å². The maximum Gasteiger partial charge on any atom is 0.417 e. The molecule has 0 radical (unpaired) electrons. The van der Waals surface area contributed by atoms with Crippen LogP contribution in [0.5, 0.6) is 0 Å². The molecule has 2 N–H and O–H groups in total. The summed E-state index contributed by atoms with van der Waals surface area (Å²) in [6.07, 6.45) is -3.42. The second-order valence-electron chi connectivity index (χ2n) is 7.88. The summed E-state index contributed by atoms with van der Waals surface area (Å²) in [5.74, 6) is -0.570. The molecule has 0 aliphatic carbocycles. The highest BCUT2D eigenvalue weighted by Crippen LogP contribution is 2.33. The number of amides is 1. The zero-order valence-electron chi connectivity index (χ0n) is 17.6. The molecule has 1 unspecified atom stereocenters. The first-order chi connectivity index (χ1) is 15.1. The van der Waals surface area contributed by atoms with Crippen molar-refractivity contribution in [2.45, 2.75) is 49.5 Å². The molecule has 0 aromatic heterocycles. The number of alkyl halides is 3. The van der Waals surface area contributed by atoms with Crippen molar-refractivity contribution in [3.8, 4) is 0 Å². The molecule has 1 aliphatic rings. The Hall–Kier alpha value is -2.43. The summed E-state index contributed by atoms with van der Waals surface area (Å²) in [5, 5.41) is 2.81. The number of hydrogen-bond acceptors (Lipinski definition) is 4. The Balaban J connectivity index is 1.54. The van der Waals surface area contributed by atoms with Crippen molar-refractivity contribution in [2.75, 3.05) is 13.1 Å². The van der Waals surface area contributed by atoms with Gasteiger partial charge in [0.1, 0.15) is 0 Å². The van der Waals surface area contributed by atoms with E-state index < -0.39 is 38.6 Å². The molecule has 0 spiro atoms. The Morgan fingerprint density at radius 1 is 1.06 bits per heavy atom. The highest BCUT2D eigenvalue weighted by atomic mass is 32.2. The van der Waals surface area contributed by atoms with Crippen LogP contribution in [0.15, 0.2) is 59.5 Å². The van der Waals surface area contributed by atoms with E-state index >= 15 is 0 Å². The van der Waals surface area contributed by atoms with E-state index in [0.29, 0.717) is 18.9 Å². The zero-order valence-corrected chi connectivity index (χ0v) is 18.4. The van der Waals surface area contributed by atoms with Gasteiger partial charge in [0, 0.05) is 25.7 Å². The summed E-state index contributed by atoms with van der Waals surface area (Å²) in [5.41, 5.74) is -0.0666. The van der Waals surface area contributed by atoms with Crippen LogP contribution in [-0.4, -0.2) is 44.4 Å². The number of halogens is 3. The lowest BCUT2D eigenvalue weighted by Gasteiger charge is -2.33. The van der Waals surface area contributed by atoms with E-state index in [1.165, 1.54) is 18.6 Å². The topological polar surface area (TPSA) is 78.5 Å². The predicted molar refractivity (Wildman–Crippen MR) is 114 cm³/mol. The molecule has 0 bridgehead atoms. The Bertz CT molecular complexity index is 1020. The maximum absolute atomic E-state index is 13.2. The van der Waals surface area contributed by atoms with Gasteiger partial charge in [-0.1, -0.05) is 42.5 Å². The number of benzene rings is 2. The minimum Gasteiger partial charge on any atom is -0.352 e. The highest BCUT2D eigenvalue weighted by molar-refractivity contribution is 7.89. The van der Waals surface area contributed by atoms with E-state index in [9.17, 15) is 26.4 Å². The van der Waals surface area contributed by atoms with Gasteiger partial charge in [-0.25, -0.2) is 8.42 Å². The van der Waals surface area contributed by atoms with Gasteiger partial charge >= 0.3 is 6.18 Å². The summed E-state index contributed by atoms with van der Waals surface area (Å²) in [6.45, 7) is 3.68. The van der Waals surface area contributed by atoms with Crippen molar-refractivity contribution in [1.82, 2.24) is 14.9 Å². The third-order valence-electron chi connectivity index (χ3n) is 5.39. The summed E-state index contributed by atoms with van der Waals surface area (Å²) >= 11 is 0.